The van der Waals surface area contributed by atoms with Gasteiger partial charge in [-0.2, -0.15) is 0 Å². The molecule has 1 unspecified atom stereocenters. The summed E-state index contributed by atoms with van der Waals surface area (Å²) < 4.78 is 19.2. The summed E-state index contributed by atoms with van der Waals surface area (Å²) in [6, 6.07) is 9.97. The largest absolute Gasteiger partial charge is 0.486 e. The van der Waals surface area contributed by atoms with Crippen LogP contribution in [0.25, 0.3) is 0 Å². The van der Waals surface area contributed by atoms with Gasteiger partial charge in [0.25, 0.3) is 0 Å². The van der Waals surface area contributed by atoms with Crippen LogP contribution in [0.1, 0.15) is 19.4 Å². The van der Waals surface area contributed by atoms with E-state index in [-0.39, 0.29) is 17.7 Å². The Morgan fingerprint density at radius 3 is 2.76 bits per heavy atom. The van der Waals surface area contributed by atoms with E-state index in [1.807, 2.05) is 19.9 Å². The maximum absolute atomic E-state index is 13.6. The highest BCUT2D eigenvalue weighted by molar-refractivity contribution is 6.29. The summed E-state index contributed by atoms with van der Waals surface area (Å²) in [5.41, 5.74) is 0.956. The minimum absolute atomic E-state index is 0.224. The molecule has 25 heavy (non-hydrogen) atoms. The summed E-state index contributed by atoms with van der Waals surface area (Å²) >= 11 is 5.77. The van der Waals surface area contributed by atoms with Gasteiger partial charge in [0, 0.05) is 12.7 Å². The lowest BCUT2D eigenvalue weighted by Gasteiger charge is -2.18. The van der Waals surface area contributed by atoms with Crippen molar-refractivity contribution in [3.8, 4) is 5.75 Å². The molecule has 2 aromatic rings. The second-order valence-corrected chi connectivity index (χ2v) is 5.81. The molecule has 0 aliphatic heterocycles. The number of rotatable bonds is 7. The van der Waals surface area contributed by atoms with Gasteiger partial charge in [-0.05, 0) is 37.6 Å². The lowest BCUT2D eigenvalue weighted by molar-refractivity contribution is 0.214. The van der Waals surface area contributed by atoms with Crippen LogP contribution in [0.3, 0.4) is 0 Å². The standard InChI is InChI=1S/C18H22ClFN4O/c1-3-21-18(24-12-14-8-9-17(19)22-11-14)23-10-13(2)25-16-7-5-4-6-15(16)20/h4-9,11,13H,3,10,12H2,1-2H3,(H2,21,23,24). The zero-order chi connectivity index (χ0) is 18.1. The first-order valence-electron chi connectivity index (χ1n) is 8.12. The number of aliphatic imine (C=N–C) groups is 1. The van der Waals surface area contributed by atoms with Crippen molar-refractivity contribution in [3.63, 3.8) is 0 Å². The van der Waals surface area contributed by atoms with E-state index in [0.717, 1.165) is 12.1 Å². The Morgan fingerprint density at radius 2 is 2.08 bits per heavy atom. The number of pyridine rings is 1. The molecule has 1 aromatic carbocycles. The van der Waals surface area contributed by atoms with Gasteiger partial charge in [0.1, 0.15) is 11.3 Å². The Hall–Kier alpha value is -2.34. The van der Waals surface area contributed by atoms with Crippen molar-refractivity contribution in [1.29, 1.82) is 0 Å². The van der Waals surface area contributed by atoms with Gasteiger partial charge in [0.15, 0.2) is 17.5 Å². The van der Waals surface area contributed by atoms with Crippen molar-refractivity contribution in [3.05, 3.63) is 59.1 Å². The van der Waals surface area contributed by atoms with Crippen molar-refractivity contribution in [1.82, 2.24) is 15.6 Å². The smallest absolute Gasteiger partial charge is 0.191 e. The molecule has 0 saturated heterocycles. The molecule has 0 spiro atoms. The van der Waals surface area contributed by atoms with Crippen molar-refractivity contribution >= 4 is 17.6 Å². The number of hydrogen-bond acceptors (Lipinski definition) is 3. The van der Waals surface area contributed by atoms with E-state index in [4.69, 9.17) is 16.3 Å². The molecule has 0 saturated carbocycles. The predicted octanol–water partition coefficient (Wildman–Crippen LogP) is 3.40. The number of guanidine groups is 1. The molecule has 0 aliphatic carbocycles. The molecule has 0 radical (unpaired) electrons. The molecule has 134 valence electrons. The molecule has 0 bridgehead atoms. The van der Waals surface area contributed by atoms with E-state index >= 15 is 0 Å². The first kappa shape index (κ1) is 19.0. The van der Waals surface area contributed by atoms with Gasteiger partial charge in [-0.25, -0.2) is 14.4 Å². The van der Waals surface area contributed by atoms with E-state index in [0.29, 0.717) is 24.2 Å². The van der Waals surface area contributed by atoms with Gasteiger partial charge < -0.3 is 15.4 Å². The second kappa shape index (κ2) is 9.84. The van der Waals surface area contributed by atoms with Crippen LogP contribution in [0.2, 0.25) is 5.15 Å². The average molecular weight is 365 g/mol. The Kier molecular flexibility index (Phi) is 7.47. The fourth-order valence-corrected chi connectivity index (χ4v) is 2.16. The highest BCUT2D eigenvalue weighted by Crippen LogP contribution is 2.16. The number of hydrogen-bond donors (Lipinski definition) is 2. The minimum atomic E-state index is -0.370. The summed E-state index contributed by atoms with van der Waals surface area (Å²) in [5, 5.41) is 6.80. The van der Waals surface area contributed by atoms with E-state index in [9.17, 15) is 4.39 Å². The molecule has 1 heterocycles. The lowest BCUT2D eigenvalue weighted by atomic mass is 10.3. The molecule has 7 heteroatoms. The van der Waals surface area contributed by atoms with Crippen LogP contribution in [-0.2, 0) is 6.54 Å². The first-order valence-corrected chi connectivity index (χ1v) is 8.50. The van der Waals surface area contributed by atoms with Crippen LogP contribution in [-0.4, -0.2) is 30.1 Å². The quantitative estimate of drug-likeness (QED) is 0.449. The number of aromatic nitrogens is 1. The normalized spacial score (nSPS) is 12.6. The van der Waals surface area contributed by atoms with Gasteiger partial charge in [-0.3, -0.25) is 0 Å². The molecule has 1 atom stereocenters. The number of nitrogens with one attached hydrogen (secondary N) is 2. The maximum atomic E-state index is 13.6. The summed E-state index contributed by atoms with van der Waals surface area (Å²) in [6.45, 7) is 5.54. The Balaban J connectivity index is 1.88. The van der Waals surface area contributed by atoms with Crippen LogP contribution >= 0.6 is 11.6 Å². The molecule has 5 nitrogen and oxygen atoms in total. The van der Waals surface area contributed by atoms with Crippen LogP contribution in [0.5, 0.6) is 5.75 Å². The van der Waals surface area contributed by atoms with E-state index < -0.39 is 0 Å². The summed E-state index contributed by atoms with van der Waals surface area (Å²) in [4.78, 5) is 8.52. The van der Waals surface area contributed by atoms with Crippen LogP contribution in [0.4, 0.5) is 4.39 Å². The summed E-state index contributed by atoms with van der Waals surface area (Å²) in [7, 11) is 0. The lowest BCUT2D eigenvalue weighted by Crippen LogP contribution is -2.41. The number of benzene rings is 1. The molecule has 0 fully saturated rings. The molecule has 2 rings (SSSR count). The number of nitrogens with zero attached hydrogens (tertiary/aromatic N) is 2. The van der Waals surface area contributed by atoms with Gasteiger partial charge in [0.05, 0.1) is 13.1 Å². The molecule has 0 aliphatic rings. The molecular formula is C18H22ClFN4O. The molecule has 2 N–H and O–H groups in total. The third-order valence-electron chi connectivity index (χ3n) is 3.27. The zero-order valence-electron chi connectivity index (χ0n) is 14.3. The van der Waals surface area contributed by atoms with Crippen molar-refractivity contribution in [2.24, 2.45) is 4.99 Å². The number of ether oxygens (including phenoxy) is 1. The van der Waals surface area contributed by atoms with E-state index in [2.05, 4.69) is 20.6 Å². The predicted molar refractivity (Wildman–Crippen MR) is 98.6 cm³/mol. The molecule has 1 aromatic heterocycles. The van der Waals surface area contributed by atoms with Crippen molar-refractivity contribution in [2.75, 3.05) is 13.1 Å². The summed E-state index contributed by atoms with van der Waals surface area (Å²) in [5.74, 6) is 0.526. The van der Waals surface area contributed by atoms with Crippen LogP contribution in [0, 0.1) is 5.82 Å². The SMILES string of the molecule is CCNC(=NCc1ccc(Cl)nc1)NCC(C)Oc1ccccc1F. The van der Waals surface area contributed by atoms with Crippen LogP contribution < -0.4 is 15.4 Å². The number of halogens is 2. The minimum Gasteiger partial charge on any atom is -0.486 e. The zero-order valence-corrected chi connectivity index (χ0v) is 15.1. The van der Waals surface area contributed by atoms with Crippen molar-refractivity contribution < 1.29 is 9.13 Å². The van der Waals surface area contributed by atoms with Gasteiger partial charge in [-0.15, -0.1) is 0 Å². The van der Waals surface area contributed by atoms with Crippen LogP contribution in [0.15, 0.2) is 47.6 Å². The Labute approximate surface area is 152 Å². The Morgan fingerprint density at radius 1 is 1.28 bits per heavy atom. The third kappa shape index (κ3) is 6.58. The van der Waals surface area contributed by atoms with Gasteiger partial charge in [-0.1, -0.05) is 29.8 Å². The topological polar surface area (TPSA) is 58.5 Å². The van der Waals surface area contributed by atoms with E-state index in [1.165, 1.54) is 6.07 Å². The molecule has 0 amide bonds. The highest BCUT2D eigenvalue weighted by Gasteiger charge is 2.08. The average Bonchev–Trinajstić information content (AvgIpc) is 2.61. The fraction of sp³-hybridized carbons (Fsp3) is 0.333. The molecular weight excluding hydrogens is 343 g/mol. The third-order valence-corrected chi connectivity index (χ3v) is 3.50. The van der Waals surface area contributed by atoms with E-state index in [1.54, 1.807) is 30.5 Å². The Bertz CT molecular complexity index is 694. The van der Waals surface area contributed by atoms with Crippen molar-refractivity contribution in [2.45, 2.75) is 26.5 Å². The summed E-state index contributed by atoms with van der Waals surface area (Å²) in [6.07, 6.45) is 1.47. The second-order valence-electron chi connectivity index (χ2n) is 5.42. The fourth-order valence-electron chi connectivity index (χ4n) is 2.05. The van der Waals surface area contributed by atoms with Gasteiger partial charge in [0.2, 0.25) is 0 Å². The highest BCUT2D eigenvalue weighted by atomic mass is 35.5. The maximum Gasteiger partial charge on any atom is 0.191 e. The van der Waals surface area contributed by atoms with Gasteiger partial charge >= 0.3 is 0 Å². The number of para-hydroxylation sites is 1. The first-order chi connectivity index (χ1) is 12.1. The monoisotopic (exact) mass is 364 g/mol.